The molecule has 0 radical (unpaired) electrons. The van der Waals surface area contributed by atoms with Gasteiger partial charge in [-0.15, -0.1) is 5.10 Å². The second kappa shape index (κ2) is 5.79. The van der Waals surface area contributed by atoms with Gasteiger partial charge in [-0.25, -0.2) is 4.68 Å². The maximum atomic E-state index is 12.1. The van der Waals surface area contributed by atoms with Crippen LogP contribution in [-0.2, 0) is 4.79 Å². The maximum Gasteiger partial charge on any atom is 0.241 e. The summed E-state index contributed by atoms with van der Waals surface area (Å²) in [6.45, 7) is 0.913. The van der Waals surface area contributed by atoms with Crippen LogP contribution in [0.5, 0.6) is 0 Å². The molecule has 7 heteroatoms. The highest BCUT2D eigenvalue weighted by Crippen LogP contribution is 2.14. The lowest BCUT2D eigenvalue weighted by molar-refractivity contribution is -0.118. The van der Waals surface area contributed by atoms with E-state index in [-0.39, 0.29) is 11.9 Å². The molecular formula is C13H16N6O. The number of piperidine rings is 1. The van der Waals surface area contributed by atoms with Crippen LogP contribution in [0, 0.1) is 0 Å². The van der Waals surface area contributed by atoms with Crippen LogP contribution in [0.15, 0.2) is 30.6 Å². The minimum absolute atomic E-state index is 0.0277. The molecule has 0 saturated carbocycles. The zero-order valence-electron chi connectivity index (χ0n) is 11.0. The molecule has 0 unspecified atom stereocenters. The lowest BCUT2D eigenvalue weighted by Gasteiger charge is -2.22. The van der Waals surface area contributed by atoms with Crippen LogP contribution in [-0.4, -0.2) is 38.7 Å². The van der Waals surface area contributed by atoms with Crippen LogP contribution in [0.1, 0.15) is 19.3 Å². The summed E-state index contributed by atoms with van der Waals surface area (Å²) in [6.07, 6.45) is 4.67. The average molecular weight is 272 g/mol. The second-order valence-electron chi connectivity index (χ2n) is 4.79. The van der Waals surface area contributed by atoms with Crippen LogP contribution in [0.2, 0.25) is 0 Å². The molecule has 2 N–H and O–H groups in total. The first-order valence-corrected chi connectivity index (χ1v) is 6.70. The lowest BCUT2D eigenvalue weighted by Crippen LogP contribution is -2.43. The monoisotopic (exact) mass is 272 g/mol. The van der Waals surface area contributed by atoms with Crippen molar-refractivity contribution in [2.24, 2.45) is 0 Å². The van der Waals surface area contributed by atoms with E-state index in [1.807, 2.05) is 24.3 Å². The number of hydrogen-bond donors (Lipinski definition) is 2. The van der Waals surface area contributed by atoms with Crippen LogP contribution < -0.4 is 10.6 Å². The average Bonchev–Trinajstić information content (AvgIpc) is 3.03. The molecule has 2 heterocycles. The second-order valence-corrected chi connectivity index (χ2v) is 4.79. The Kier molecular flexibility index (Phi) is 3.69. The fourth-order valence-corrected chi connectivity index (χ4v) is 2.28. The van der Waals surface area contributed by atoms with Gasteiger partial charge in [0.05, 0.1) is 11.7 Å². The van der Waals surface area contributed by atoms with E-state index in [0.29, 0.717) is 0 Å². The number of carbonyl (C=O) groups is 1. The van der Waals surface area contributed by atoms with Gasteiger partial charge >= 0.3 is 0 Å². The number of nitrogens with one attached hydrogen (secondary N) is 2. The van der Waals surface area contributed by atoms with Gasteiger partial charge in [-0.1, -0.05) is 6.42 Å². The minimum atomic E-state index is -0.0806. The number of aromatic nitrogens is 4. The van der Waals surface area contributed by atoms with Gasteiger partial charge in [0, 0.05) is 5.69 Å². The van der Waals surface area contributed by atoms with Crippen LogP contribution in [0.4, 0.5) is 5.69 Å². The minimum Gasteiger partial charge on any atom is -0.325 e. The molecular weight excluding hydrogens is 256 g/mol. The standard InChI is InChI=1S/C13H16N6O/c20-13(12-3-1-2-8-14-12)16-10-4-6-11(7-5-10)19-9-15-17-18-19/h4-7,9,12,14H,1-3,8H2,(H,16,20)/t12-/m0/s1. The van der Waals surface area contributed by atoms with Crippen molar-refractivity contribution < 1.29 is 4.79 Å². The number of anilines is 1. The number of nitrogens with zero attached hydrogens (tertiary/aromatic N) is 4. The third-order valence-corrected chi connectivity index (χ3v) is 3.38. The Bertz CT molecular complexity index is 559. The number of tetrazole rings is 1. The predicted molar refractivity (Wildman–Crippen MR) is 73.4 cm³/mol. The van der Waals surface area contributed by atoms with E-state index in [9.17, 15) is 4.79 Å². The molecule has 1 fully saturated rings. The Morgan fingerprint density at radius 3 is 2.80 bits per heavy atom. The number of carbonyl (C=O) groups excluding carboxylic acids is 1. The van der Waals surface area contributed by atoms with E-state index in [1.165, 1.54) is 6.33 Å². The molecule has 2 aromatic rings. The fraction of sp³-hybridized carbons (Fsp3) is 0.385. The first-order chi connectivity index (χ1) is 9.83. The summed E-state index contributed by atoms with van der Waals surface area (Å²) < 4.78 is 1.56. The zero-order valence-corrected chi connectivity index (χ0v) is 11.0. The predicted octanol–water partition coefficient (Wildman–Crippen LogP) is 0.743. The molecule has 1 amide bonds. The molecule has 0 aliphatic carbocycles. The highest BCUT2D eigenvalue weighted by atomic mass is 16.2. The normalized spacial score (nSPS) is 18.7. The van der Waals surface area contributed by atoms with Gasteiger partial charge in [-0.05, 0) is 54.1 Å². The van der Waals surface area contributed by atoms with E-state index in [2.05, 4.69) is 26.2 Å². The lowest BCUT2D eigenvalue weighted by atomic mass is 10.0. The van der Waals surface area contributed by atoms with Crippen molar-refractivity contribution in [2.45, 2.75) is 25.3 Å². The molecule has 1 aliphatic heterocycles. The van der Waals surface area contributed by atoms with E-state index in [4.69, 9.17) is 0 Å². The Balaban J connectivity index is 1.64. The van der Waals surface area contributed by atoms with Crippen LogP contribution in [0.25, 0.3) is 5.69 Å². The van der Waals surface area contributed by atoms with Gasteiger partial charge in [0.1, 0.15) is 6.33 Å². The summed E-state index contributed by atoms with van der Waals surface area (Å²) in [5, 5.41) is 17.1. The maximum absolute atomic E-state index is 12.1. The largest absolute Gasteiger partial charge is 0.325 e. The van der Waals surface area contributed by atoms with Gasteiger partial charge in [0.2, 0.25) is 5.91 Å². The van der Waals surface area contributed by atoms with Crippen molar-refractivity contribution >= 4 is 11.6 Å². The molecule has 7 nitrogen and oxygen atoms in total. The molecule has 1 atom stereocenters. The first-order valence-electron chi connectivity index (χ1n) is 6.70. The number of amides is 1. The molecule has 20 heavy (non-hydrogen) atoms. The van der Waals surface area contributed by atoms with Crippen molar-refractivity contribution in [1.29, 1.82) is 0 Å². The Hall–Kier alpha value is -2.28. The van der Waals surface area contributed by atoms with Gasteiger partial charge in [0.25, 0.3) is 0 Å². The quantitative estimate of drug-likeness (QED) is 0.861. The summed E-state index contributed by atoms with van der Waals surface area (Å²) in [7, 11) is 0. The van der Waals surface area contributed by atoms with Crippen molar-refractivity contribution in [3.8, 4) is 5.69 Å². The first kappa shape index (κ1) is 12.7. The van der Waals surface area contributed by atoms with E-state index >= 15 is 0 Å². The Morgan fingerprint density at radius 1 is 1.30 bits per heavy atom. The molecule has 1 aromatic carbocycles. The van der Waals surface area contributed by atoms with E-state index in [1.54, 1.807) is 4.68 Å². The summed E-state index contributed by atoms with van der Waals surface area (Å²) in [5.41, 5.74) is 1.63. The van der Waals surface area contributed by atoms with Gasteiger partial charge < -0.3 is 10.6 Å². The molecule has 0 spiro atoms. The number of rotatable bonds is 3. The summed E-state index contributed by atoms with van der Waals surface area (Å²) in [6, 6.07) is 7.33. The summed E-state index contributed by atoms with van der Waals surface area (Å²) >= 11 is 0. The van der Waals surface area contributed by atoms with Crippen molar-refractivity contribution in [2.75, 3.05) is 11.9 Å². The topological polar surface area (TPSA) is 84.7 Å². The number of benzene rings is 1. The van der Waals surface area contributed by atoms with Crippen LogP contribution >= 0.6 is 0 Å². The highest BCUT2D eigenvalue weighted by Gasteiger charge is 2.20. The summed E-state index contributed by atoms with van der Waals surface area (Å²) in [5.74, 6) is 0.0277. The smallest absolute Gasteiger partial charge is 0.241 e. The van der Waals surface area contributed by atoms with Crippen molar-refractivity contribution in [3.63, 3.8) is 0 Å². The molecule has 1 aromatic heterocycles. The van der Waals surface area contributed by atoms with Crippen molar-refractivity contribution in [3.05, 3.63) is 30.6 Å². The Morgan fingerprint density at radius 2 is 2.15 bits per heavy atom. The SMILES string of the molecule is O=C(Nc1ccc(-n2cnnn2)cc1)[C@@H]1CCCCN1. The molecule has 3 rings (SSSR count). The van der Waals surface area contributed by atoms with E-state index < -0.39 is 0 Å². The van der Waals surface area contributed by atoms with E-state index in [0.717, 1.165) is 37.2 Å². The Labute approximate surface area is 116 Å². The third-order valence-electron chi connectivity index (χ3n) is 3.38. The highest BCUT2D eigenvalue weighted by molar-refractivity contribution is 5.94. The molecule has 1 aliphatic rings. The summed E-state index contributed by atoms with van der Waals surface area (Å²) in [4.78, 5) is 12.1. The van der Waals surface area contributed by atoms with Gasteiger partial charge in [-0.3, -0.25) is 4.79 Å². The van der Waals surface area contributed by atoms with Gasteiger partial charge in [0.15, 0.2) is 0 Å². The molecule has 104 valence electrons. The fourth-order valence-electron chi connectivity index (χ4n) is 2.28. The van der Waals surface area contributed by atoms with Crippen LogP contribution in [0.3, 0.4) is 0 Å². The molecule has 0 bridgehead atoms. The third kappa shape index (κ3) is 2.83. The molecule has 1 saturated heterocycles. The van der Waals surface area contributed by atoms with Gasteiger partial charge in [-0.2, -0.15) is 0 Å². The van der Waals surface area contributed by atoms with Crippen molar-refractivity contribution in [1.82, 2.24) is 25.5 Å². The number of hydrogen-bond acceptors (Lipinski definition) is 5. The zero-order chi connectivity index (χ0) is 13.8.